The first kappa shape index (κ1) is 31.3. The van der Waals surface area contributed by atoms with Gasteiger partial charge in [0.2, 0.25) is 0 Å². The highest BCUT2D eigenvalue weighted by Gasteiger charge is 2.04. The molecule has 0 radical (unpaired) electrons. The molecule has 0 spiro atoms. The number of carboxylic acids is 2. The molecule has 1 rings (SSSR count). The van der Waals surface area contributed by atoms with E-state index in [1.165, 1.54) is 108 Å². The third-order valence-corrected chi connectivity index (χ3v) is 4.74. The highest BCUT2D eigenvalue weighted by atomic mass is 16.4. The maximum atomic E-state index is 10.3. The van der Waals surface area contributed by atoms with Crippen LogP contribution in [0.3, 0.4) is 0 Å². The molecule has 0 unspecified atom stereocenters. The predicted molar refractivity (Wildman–Crippen MR) is 130 cm³/mol. The monoisotopic (exact) mass is 438 g/mol. The lowest BCUT2D eigenvalue weighted by molar-refractivity contribution is 0.0681. The van der Waals surface area contributed by atoms with Crippen LogP contribution in [0.25, 0.3) is 0 Å². The molecule has 0 saturated carbocycles. The van der Waals surface area contributed by atoms with Crippen molar-refractivity contribution < 1.29 is 19.8 Å². The topological polar surface area (TPSA) is 127 Å². The standard InChI is InChI=1S/C9H21N.C8H19N.C8H6O4/c1-2-3-4-5-6-7-8-9-10;1-2-3-4-5-6-7-8-9;9-7(10)5-1-2-6(4-3-5)8(11)12/h2-10H2,1H3;2-9H2,1H3;1-4H,(H,9,10)(H,11,12). The smallest absolute Gasteiger partial charge is 0.335 e. The van der Waals surface area contributed by atoms with Crippen molar-refractivity contribution in [2.24, 2.45) is 11.5 Å². The first-order chi connectivity index (χ1) is 14.9. The van der Waals surface area contributed by atoms with Gasteiger partial charge in [0.05, 0.1) is 11.1 Å². The molecule has 180 valence electrons. The quantitative estimate of drug-likeness (QED) is 0.246. The van der Waals surface area contributed by atoms with Crippen LogP contribution in [0, 0.1) is 0 Å². The summed E-state index contributed by atoms with van der Waals surface area (Å²) >= 11 is 0. The Labute approximate surface area is 189 Å². The molecule has 0 aliphatic rings. The van der Waals surface area contributed by atoms with Crippen LogP contribution in [0.15, 0.2) is 24.3 Å². The minimum absolute atomic E-state index is 0.0833. The Morgan fingerprint density at radius 2 is 0.839 bits per heavy atom. The van der Waals surface area contributed by atoms with Crippen molar-refractivity contribution >= 4 is 11.9 Å². The Balaban J connectivity index is 0. The van der Waals surface area contributed by atoms with Gasteiger partial charge in [-0.25, -0.2) is 9.59 Å². The number of rotatable bonds is 15. The van der Waals surface area contributed by atoms with Crippen LogP contribution in [-0.2, 0) is 0 Å². The summed E-state index contributed by atoms with van der Waals surface area (Å²) in [6.45, 7) is 6.22. The molecule has 6 N–H and O–H groups in total. The van der Waals surface area contributed by atoms with Gasteiger partial charge < -0.3 is 21.7 Å². The van der Waals surface area contributed by atoms with E-state index >= 15 is 0 Å². The van der Waals surface area contributed by atoms with Crippen molar-refractivity contribution in [1.29, 1.82) is 0 Å². The Hall–Kier alpha value is -1.92. The summed E-state index contributed by atoms with van der Waals surface area (Å²) in [4.78, 5) is 20.7. The first-order valence-corrected chi connectivity index (χ1v) is 11.9. The summed E-state index contributed by atoms with van der Waals surface area (Å²) < 4.78 is 0. The Kier molecular flexibility index (Phi) is 24.6. The van der Waals surface area contributed by atoms with E-state index in [1.54, 1.807) is 0 Å². The number of nitrogens with two attached hydrogens (primary N) is 2. The fourth-order valence-electron chi connectivity index (χ4n) is 2.78. The predicted octanol–water partition coefficient (Wildman–Crippen LogP) is 6.08. The number of unbranched alkanes of at least 4 members (excludes halogenated alkanes) is 11. The molecular weight excluding hydrogens is 392 g/mol. The summed E-state index contributed by atoms with van der Waals surface area (Å²) in [5.74, 6) is -2.13. The minimum atomic E-state index is -1.06. The molecule has 1 aromatic rings. The number of aromatic carboxylic acids is 2. The molecule has 0 fully saturated rings. The molecule has 0 saturated heterocycles. The maximum absolute atomic E-state index is 10.3. The van der Waals surface area contributed by atoms with Gasteiger partial charge in [-0.05, 0) is 50.2 Å². The molecular formula is C25H46N2O4. The third kappa shape index (κ3) is 22.6. The van der Waals surface area contributed by atoms with E-state index in [4.69, 9.17) is 21.7 Å². The van der Waals surface area contributed by atoms with Gasteiger partial charge in [0.1, 0.15) is 0 Å². The van der Waals surface area contributed by atoms with E-state index in [0.717, 1.165) is 13.1 Å². The number of benzene rings is 1. The fourth-order valence-corrected chi connectivity index (χ4v) is 2.78. The first-order valence-electron chi connectivity index (χ1n) is 11.9. The SMILES string of the molecule is CCCCCCCCCN.CCCCCCCCN.O=C(O)c1ccc(C(=O)O)cc1. The molecule has 6 nitrogen and oxygen atoms in total. The lowest BCUT2D eigenvalue weighted by atomic mass is 10.1. The summed E-state index contributed by atoms with van der Waals surface area (Å²) in [6, 6.07) is 5.02. The second kappa shape index (κ2) is 24.4. The van der Waals surface area contributed by atoms with Gasteiger partial charge in [-0.15, -0.1) is 0 Å². The van der Waals surface area contributed by atoms with E-state index in [9.17, 15) is 9.59 Å². The van der Waals surface area contributed by atoms with Gasteiger partial charge in [-0.3, -0.25) is 0 Å². The molecule has 0 amide bonds. The fraction of sp³-hybridized carbons (Fsp3) is 0.680. The minimum Gasteiger partial charge on any atom is -0.478 e. The number of carboxylic acid groups (broad SMARTS) is 2. The molecule has 6 heteroatoms. The van der Waals surface area contributed by atoms with E-state index in [0.29, 0.717) is 0 Å². The molecule has 0 aliphatic carbocycles. The number of carbonyl (C=O) groups is 2. The van der Waals surface area contributed by atoms with Gasteiger partial charge in [-0.1, -0.05) is 84.5 Å². The molecule has 31 heavy (non-hydrogen) atoms. The average Bonchev–Trinajstić information content (AvgIpc) is 2.77. The molecule has 0 atom stereocenters. The largest absolute Gasteiger partial charge is 0.478 e. The number of hydrogen-bond donors (Lipinski definition) is 4. The van der Waals surface area contributed by atoms with E-state index in [2.05, 4.69) is 13.8 Å². The third-order valence-electron chi connectivity index (χ3n) is 4.74. The summed E-state index contributed by atoms with van der Waals surface area (Å²) in [7, 11) is 0. The molecule has 0 bridgehead atoms. The summed E-state index contributed by atoms with van der Waals surface area (Å²) in [6.07, 6.45) is 17.6. The summed E-state index contributed by atoms with van der Waals surface area (Å²) in [5, 5.41) is 16.9. The van der Waals surface area contributed by atoms with Gasteiger partial charge in [0.25, 0.3) is 0 Å². The normalized spacial score (nSPS) is 9.81. The van der Waals surface area contributed by atoms with E-state index in [1.807, 2.05) is 0 Å². The van der Waals surface area contributed by atoms with Crippen molar-refractivity contribution in [2.75, 3.05) is 13.1 Å². The van der Waals surface area contributed by atoms with Crippen molar-refractivity contribution in [3.05, 3.63) is 35.4 Å². The number of hydrogen-bond acceptors (Lipinski definition) is 4. The lowest BCUT2D eigenvalue weighted by Gasteiger charge is -1.97. The lowest BCUT2D eigenvalue weighted by Crippen LogP contribution is -1.99. The van der Waals surface area contributed by atoms with Gasteiger partial charge in [-0.2, -0.15) is 0 Å². The van der Waals surface area contributed by atoms with Crippen molar-refractivity contribution in [2.45, 2.75) is 97.3 Å². The van der Waals surface area contributed by atoms with Crippen LogP contribution >= 0.6 is 0 Å². The Morgan fingerprint density at radius 3 is 1.06 bits per heavy atom. The van der Waals surface area contributed by atoms with Crippen molar-refractivity contribution in [3.63, 3.8) is 0 Å². The molecule has 0 heterocycles. The zero-order valence-electron chi connectivity index (χ0n) is 19.8. The molecule has 0 aliphatic heterocycles. The van der Waals surface area contributed by atoms with E-state index in [-0.39, 0.29) is 11.1 Å². The van der Waals surface area contributed by atoms with Crippen LogP contribution in [0.5, 0.6) is 0 Å². The summed E-state index contributed by atoms with van der Waals surface area (Å²) in [5.41, 5.74) is 10.9. The van der Waals surface area contributed by atoms with Crippen LogP contribution < -0.4 is 11.5 Å². The van der Waals surface area contributed by atoms with Crippen LogP contribution in [0.2, 0.25) is 0 Å². The highest BCUT2D eigenvalue weighted by molar-refractivity contribution is 5.91. The molecule has 1 aromatic carbocycles. The van der Waals surface area contributed by atoms with Gasteiger partial charge in [0, 0.05) is 0 Å². The second-order valence-electron chi connectivity index (χ2n) is 7.65. The average molecular weight is 439 g/mol. The second-order valence-corrected chi connectivity index (χ2v) is 7.65. The Bertz CT molecular complexity index is 486. The zero-order valence-corrected chi connectivity index (χ0v) is 19.8. The van der Waals surface area contributed by atoms with Crippen molar-refractivity contribution in [1.82, 2.24) is 0 Å². The van der Waals surface area contributed by atoms with Gasteiger partial charge in [0.15, 0.2) is 0 Å². The van der Waals surface area contributed by atoms with Crippen LogP contribution in [0.1, 0.15) is 118 Å². The zero-order chi connectivity index (χ0) is 23.7. The molecule has 0 aromatic heterocycles. The van der Waals surface area contributed by atoms with Crippen LogP contribution in [0.4, 0.5) is 0 Å². The van der Waals surface area contributed by atoms with E-state index < -0.39 is 11.9 Å². The van der Waals surface area contributed by atoms with Crippen LogP contribution in [-0.4, -0.2) is 35.2 Å². The van der Waals surface area contributed by atoms with Crippen molar-refractivity contribution in [3.8, 4) is 0 Å². The maximum Gasteiger partial charge on any atom is 0.335 e. The Morgan fingerprint density at radius 1 is 0.581 bits per heavy atom. The highest BCUT2D eigenvalue weighted by Crippen LogP contribution is 2.06. The van der Waals surface area contributed by atoms with Gasteiger partial charge >= 0.3 is 11.9 Å².